The molecule has 3 N–H and O–H groups in total. The van der Waals surface area contributed by atoms with Gasteiger partial charge in [-0.25, -0.2) is 10.8 Å². The third-order valence-corrected chi connectivity index (χ3v) is 3.57. The quantitative estimate of drug-likeness (QED) is 0.223. The minimum atomic E-state index is 0.634. The van der Waals surface area contributed by atoms with Crippen molar-refractivity contribution in [3.8, 4) is 0 Å². The fourth-order valence-corrected chi connectivity index (χ4v) is 2.66. The molecule has 0 saturated carbocycles. The lowest BCUT2D eigenvalue weighted by molar-refractivity contribution is 0.148. The summed E-state index contributed by atoms with van der Waals surface area (Å²) in [5.41, 5.74) is 2.71. The van der Waals surface area contributed by atoms with Crippen LogP contribution in [0.15, 0.2) is 4.99 Å². The molecule has 6 heteroatoms. The second-order valence-corrected chi connectivity index (χ2v) is 4.62. The summed E-state index contributed by atoms with van der Waals surface area (Å²) < 4.78 is 4.99. The average Bonchev–Trinajstić information content (AvgIpc) is 2.82. The van der Waals surface area contributed by atoms with Gasteiger partial charge in [0, 0.05) is 32.8 Å². The number of nitrogens with one attached hydrogen (secondary N) is 1. The van der Waals surface area contributed by atoms with Crippen LogP contribution >= 0.6 is 0 Å². The molecule has 17 heavy (non-hydrogen) atoms. The second-order valence-electron chi connectivity index (χ2n) is 4.62. The van der Waals surface area contributed by atoms with Gasteiger partial charge in [0.2, 0.25) is 5.96 Å². The number of fused-ring (bicyclic) bond motifs is 1. The molecule has 98 valence electrons. The van der Waals surface area contributed by atoms with Crippen LogP contribution in [0.25, 0.3) is 0 Å². The van der Waals surface area contributed by atoms with Gasteiger partial charge in [0.25, 0.3) is 0 Å². The summed E-state index contributed by atoms with van der Waals surface area (Å²) in [6, 6.07) is 0.685. The Hall–Kier alpha value is -0.850. The predicted molar refractivity (Wildman–Crippen MR) is 67.7 cm³/mol. The van der Waals surface area contributed by atoms with Gasteiger partial charge in [0.15, 0.2) is 0 Å². The van der Waals surface area contributed by atoms with Crippen molar-refractivity contribution in [2.24, 2.45) is 10.8 Å². The van der Waals surface area contributed by atoms with Crippen LogP contribution in [-0.4, -0.2) is 68.2 Å². The molecule has 2 fully saturated rings. The summed E-state index contributed by atoms with van der Waals surface area (Å²) in [6.45, 7) is 5.71. The zero-order valence-electron chi connectivity index (χ0n) is 10.6. The number of ether oxygens (including phenoxy) is 1. The van der Waals surface area contributed by atoms with Crippen molar-refractivity contribution in [2.75, 3.05) is 46.4 Å². The summed E-state index contributed by atoms with van der Waals surface area (Å²) in [7, 11) is 1.68. The lowest BCUT2D eigenvalue weighted by atomic mass is 10.2. The standard InChI is InChI=1S/C11H23N5O/c1-17-8-4-13-11(14-12)16-7-6-15-5-2-3-10(15)9-16/h10H,2-9,12H2,1H3,(H,13,14). The molecule has 1 unspecified atom stereocenters. The van der Waals surface area contributed by atoms with Crippen molar-refractivity contribution in [1.82, 2.24) is 15.2 Å². The van der Waals surface area contributed by atoms with Crippen LogP contribution in [0.5, 0.6) is 0 Å². The molecule has 6 nitrogen and oxygen atoms in total. The number of guanidine groups is 1. The van der Waals surface area contributed by atoms with E-state index in [1.807, 2.05) is 0 Å². The average molecular weight is 241 g/mol. The molecule has 0 spiro atoms. The third-order valence-electron chi connectivity index (χ3n) is 3.57. The molecule has 0 bridgehead atoms. The highest BCUT2D eigenvalue weighted by Crippen LogP contribution is 2.21. The van der Waals surface area contributed by atoms with E-state index in [0.29, 0.717) is 19.2 Å². The number of nitrogens with zero attached hydrogens (tertiary/aromatic N) is 3. The van der Waals surface area contributed by atoms with Gasteiger partial charge in [-0.05, 0) is 19.4 Å². The van der Waals surface area contributed by atoms with E-state index in [9.17, 15) is 0 Å². The van der Waals surface area contributed by atoms with Crippen LogP contribution in [0.2, 0.25) is 0 Å². The maximum atomic E-state index is 5.55. The van der Waals surface area contributed by atoms with Crippen LogP contribution in [0, 0.1) is 0 Å². The topological polar surface area (TPSA) is 66.1 Å². The number of hydrazine groups is 1. The first kappa shape index (κ1) is 12.6. The molecule has 2 aliphatic heterocycles. The van der Waals surface area contributed by atoms with E-state index < -0.39 is 0 Å². The van der Waals surface area contributed by atoms with Crippen LogP contribution < -0.4 is 11.3 Å². The van der Waals surface area contributed by atoms with Crippen LogP contribution in [0.1, 0.15) is 12.8 Å². The predicted octanol–water partition coefficient (Wildman–Crippen LogP) is -0.768. The third kappa shape index (κ3) is 3.08. The molecule has 0 aliphatic carbocycles. The summed E-state index contributed by atoms with van der Waals surface area (Å²) in [5.74, 6) is 6.35. The molecule has 2 aliphatic rings. The highest BCUT2D eigenvalue weighted by molar-refractivity contribution is 5.79. The van der Waals surface area contributed by atoms with Gasteiger partial charge in [-0.15, -0.1) is 0 Å². The lowest BCUT2D eigenvalue weighted by Gasteiger charge is -2.38. The minimum Gasteiger partial charge on any atom is -0.383 e. The maximum absolute atomic E-state index is 5.55. The molecule has 0 aromatic carbocycles. The Morgan fingerprint density at radius 2 is 2.35 bits per heavy atom. The Kier molecular flexibility index (Phi) is 4.58. The van der Waals surface area contributed by atoms with E-state index in [2.05, 4.69) is 20.2 Å². The van der Waals surface area contributed by atoms with Gasteiger partial charge < -0.3 is 9.64 Å². The highest BCUT2D eigenvalue weighted by Gasteiger charge is 2.31. The fourth-order valence-electron chi connectivity index (χ4n) is 2.66. The molecule has 2 rings (SSSR count). The summed E-state index contributed by atoms with van der Waals surface area (Å²) >= 11 is 0. The summed E-state index contributed by atoms with van der Waals surface area (Å²) in [6.07, 6.45) is 2.62. The Morgan fingerprint density at radius 3 is 3.12 bits per heavy atom. The van der Waals surface area contributed by atoms with Crippen molar-refractivity contribution in [1.29, 1.82) is 0 Å². The Labute approximate surface area is 103 Å². The maximum Gasteiger partial charge on any atom is 0.208 e. The van der Waals surface area contributed by atoms with Crippen molar-refractivity contribution in [3.05, 3.63) is 0 Å². The second kappa shape index (κ2) is 6.18. The highest BCUT2D eigenvalue weighted by atomic mass is 16.5. The molecule has 0 aromatic heterocycles. The molecule has 1 atom stereocenters. The SMILES string of the molecule is COCCN=C(NN)N1CCN2CCCC2C1. The van der Waals surface area contributed by atoms with Gasteiger partial charge in [0.05, 0.1) is 13.2 Å². The smallest absolute Gasteiger partial charge is 0.208 e. The zero-order valence-corrected chi connectivity index (χ0v) is 10.6. The van der Waals surface area contributed by atoms with Gasteiger partial charge in [0.1, 0.15) is 0 Å². The molecule has 0 amide bonds. The van der Waals surface area contributed by atoms with E-state index in [1.54, 1.807) is 7.11 Å². The molecular weight excluding hydrogens is 218 g/mol. The Balaban J connectivity index is 1.89. The van der Waals surface area contributed by atoms with Crippen molar-refractivity contribution < 1.29 is 4.74 Å². The molecule has 2 saturated heterocycles. The number of rotatable bonds is 3. The number of piperazine rings is 1. The Morgan fingerprint density at radius 1 is 1.47 bits per heavy atom. The van der Waals surface area contributed by atoms with E-state index in [1.165, 1.54) is 19.4 Å². The van der Waals surface area contributed by atoms with Crippen LogP contribution in [0.4, 0.5) is 0 Å². The number of aliphatic imine (C=N–C) groups is 1. The van der Waals surface area contributed by atoms with Crippen LogP contribution in [-0.2, 0) is 4.74 Å². The van der Waals surface area contributed by atoms with Crippen molar-refractivity contribution in [3.63, 3.8) is 0 Å². The first-order chi connectivity index (χ1) is 8.35. The van der Waals surface area contributed by atoms with E-state index >= 15 is 0 Å². The minimum absolute atomic E-state index is 0.634. The number of hydrogen-bond acceptors (Lipinski definition) is 4. The first-order valence-corrected chi connectivity index (χ1v) is 6.34. The molecule has 2 heterocycles. The molecule has 0 aromatic rings. The van der Waals surface area contributed by atoms with Crippen molar-refractivity contribution >= 4 is 5.96 Å². The Bertz CT molecular complexity index is 271. The monoisotopic (exact) mass is 241 g/mol. The summed E-state index contributed by atoms with van der Waals surface area (Å²) in [4.78, 5) is 9.25. The molecule has 0 radical (unpaired) electrons. The number of methoxy groups -OCH3 is 1. The van der Waals surface area contributed by atoms with Gasteiger partial charge in [-0.3, -0.25) is 10.3 Å². The van der Waals surface area contributed by atoms with Crippen molar-refractivity contribution in [2.45, 2.75) is 18.9 Å². The van der Waals surface area contributed by atoms with Gasteiger partial charge in [-0.2, -0.15) is 0 Å². The normalized spacial score (nSPS) is 26.1. The van der Waals surface area contributed by atoms with E-state index in [-0.39, 0.29) is 0 Å². The van der Waals surface area contributed by atoms with Gasteiger partial charge >= 0.3 is 0 Å². The van der Waals surface area contributed by atoms with Gasteiger partial charge in [-0.1, -0.05) is 0 Å². The first-order valence-electron chi connectivity index (χ1n) is 6.34. The fraction of sp³-hybridized carbons (Fsp3) is 0.909. The summed E-state index contributed by atoms with van der Waals surface area (Å²) in [5, 5.41) is 0. The molecular formula is C11H23N5O. The lowest BCUT2D eigenvalue weighted by Crippen LogP contribution is -2.56. The number of hydrogen-bond donors (Lipinski definition) is 2. The number of nitrogens with two attached hydrogens (primary N) is 1. The van der Waals surface area contributed by atoms with E-state index in [0.717, 1.165) is 25.6 Å². The largest absolute Gasteiger partial charge is 0.383 e. The zero-order chi connectivity index (χ0) is 12.1. The van der Waals surface area contributed by atoms with Crippen LogP contribution in [0.3, 0.4) is 0 Å². The van der Waals surface area contributed by atoms with E-state index in [4.69, 9.17) is 10.6 Å².